The first kappa shape index (κ1) is 61.5. The quantitative estimate of drug-likeness (QED) is 0.0199. The van der Waals surface area contributed by atoms with Gasteiger partial charge in [0.2, 0.25) is 0 Å². The molecule has 0 saturated heterocycles. The topological polar surface area (TPSA) is 78.9 Å². The number of rotatable bonds is 45. The lowest BCUT2D eigenvalue weighted by atomic mass is 10.1. The largest absolute Gasteiger partial charge is 0.462 e. The summed E-state index contributed by atoms with van der Waals surface area (Å²) in [5.74, 6) is -0.985. The maximum absolute atomic E-state index is 12.8. The van der Waals surface area contributed by atoms with Crippen LogP contribution in [0.2, 0.25) is 0 Å². The Balaban J connectivity index is 4.53. The number of allylic oxidation sites excluding steroid dienone is 22. The zero-order chi connectivity index (χ0) is 47.9. The van der Waals surface area contributed by atoms with E-state index in [0.717, 1.165) is 116 Å². The van der Waals surface area contributed by atoms with Crippen LogP contribution in [0.5, 0.6) is 0 Å². The van der Waals surface area contributed by atoms with Gasteiger partial charge in [0.1, 0.15) is 13.2 Å². The van der Waals surface area contributed by atoms with Crippen LogP contribution in [0.15, 0.2) is 134 Å². The summed E-state index contributed by atoms with van der Waals surface area (Å²) >= 11 is 0. The van der Waals surface area contributed by atoms with Gasteiger partial charge < -0.3 is 14.2 Å². The van der Waals surface area contributed by atoms with Crippen LogP contribution in [0.4, 0.5) is 0 Å². The second-order valence-electron chi connectivity index (χ2n) is 16.8. The first-order chi connectivity index (χ1) is 32.5. The smallest absolute Gasteiger partial charge is 0.306 e. The summed E-state index contributed by atoms with van der Waals surface area (Å²) in [6, 6.07) is 0. The van der Waals surface area contributed by atoms with Gasteiger partial charge >= 0.3 is 17.9 Å². The lowest BCUT2D eigenvalue weighted by Gasteiger charge is -2.18. The number of hydrogen-bond acceptors (Lipinski definition) is 6. The van der Waals surface area contributed by atoms with Crippen molar-refractivity contribution in [3.8, 4) is 0 Å². The minimum atomic E-state index is -0.812. The predicted molar refractivity (Wildman–Crippen MR) is 283 cm³/mol. The van der Waals surface area contributed by atoms with E-state index in [2.05, 4.69) is 81.5 Å². The average Bonchev–Trinajstić information content (AvgIpc) is 3.31. The molecule has 66 heavy (non-hydrogen) atoms. The van der Waals surface area contributed by atoms with Gasteiger partial charge in [0.05, 0.1) is 0 Å². The molecule has 0 aliphatic heterocycles. The van der Waals surface area contributed by atoms with Gasteiger partial charge in [-0.25, -0.2) is 0 Å². The molecule has 1 atom stereocenters. The summed E-state index contributed by atoms with van der Waals surface area (Å²) < 4.78 is 16.8. The van der Waals surface area contributed by atoms with Crippen molar-refractivity contribution in [1.82, 2.24) is 0 Å². The van der Waals surface area contributed by atoms with Gasteiger partial charge in [-0.1, -0.05) is 225 Å². The molecule has 0 aromatic carbocycles. The van der Waals surface area contributed by atoms with E-state index in [1.54, 1.807) is 0 Å². The van der Waals surface area contributed by atoms with Gasteiger partial charge in [-0.3, -0.25) is 14.4 Å². The summed E-state index contributed by atoms with van der Waals surface area (Å²) in [4.78, 5) is 38.0. The van der Waals surface area contributed by atoms with Gasteiger partial charge in [-0.15, -0.1) is 0 Å². The summed E-state index contributed by atoms with van der Waals surface area (Å²) in [7, 11) is 0. The lowest BCUT2D eigenvalue weighted by Crippen LogP contribution is -2.30. The molecule has 0 aliphatic rings. The fourth-order valence-electron chi connectivity index (χ4n) is 6.67. The third-order valence-corrected chi connectivity index (χ3v) is 10.6. The molecule has 0 saturated carbocycles. The Morgan fingerprint density at radius 1 is 0.333 bits per heavy atom. The molecule has 0 rings (SSSR count). The zero-order valence-corrected chi connectivity index (χ0v) is 42.1. The number of carbonyl (C=O) groups is 3. The van der Waals surface area contributed by atoms with E-state index < -0.39 is 6.10 Å². The molecule has 0 radical (unpaired) electrons. The maximum atomic E-state index is 12.8. The lowest BCUT2D eigenvalue weighted by molar-refractivity contribution is -0.167. The molecule has 6 nitrogen and oxygen atoms in total. The van der Waals surface area contributed by atoms with Crippen molar-refractivity contribution >= 4 is 17.9 Å². The highest BCUT2D eigenvalue weighted by atomic mass is 16.6. The van der Waals surface area contributed by atoms with E-state index in [4.69, 9.17) is 14.2 Å². The van der Waals surface area contributed by atoms with Crippen molar-refractivity contribution in [3.63, 3.8) is 0 Å². The van der Waals surface area contributed by atoms with Crippen LogP contribution < -0.4 is 0 Å². The van der Waals surface area contributed by atoms with Gasteiger partial charge in [0.25, 0.3) is 0 Å². The Hall–Kier alpha value is -4.45. The Labute approximate surface area is 405 Å². The molecule has 0 amide bonds. The van der Waals surface area contributed by atoms with E-state index in [1.807, 2.05) is 72.9 Å². The molecular weight excluding hydrogens is 817 g/mol. The molecule has 0 aromatic heterocycles. The Morgan fingerprint density at radius 2 is 0.667 bits per heavy atom. The van der Waals surface area contributed by atoms with Crippen LogP contribution in [0.3, 0.4) is 0 Å². The average molecular weight is 911 g/mol. The van der Waals surface area contributed by atoms with E-state index in [-0.39, 0.29) is 31.1 Å². The van der Waals surface area contributed by atoms with Gasteiger partial charge in [-0.05, 0) is 96.3 Å². The standard InChI is InChI=1S/C60H94O6/c1-4-7-10-13-16-19-22-25-27-29-30-32-33-35-38-41-44-47-50-53-59(62)65-56-57(55-64-58(61)52-49-46-43-40-37-24-21-18-15-12-9-6-3)66-60(63)54-51-48-45-42-39-36-34-31-28-26-23-20-17-14-11-8-5-2/h7,9-10,12-13,16-22,25-30,32-33,35,38,57H,4-6,8,11,14-15,23-24,31,34,36-37,39-56H2,1-3H3/b10-7-,12-9-,16-13-,20-17-,21-18-,22-19-,27-25-,28-26-,30-29+,33-32-,38-35-. The Kier molecular flexibility index (Phi) is 49.6. The molecule has 0 fully saturated rings. The van der Waals surface area contributed by atoms with Crippen molar-refractivity contribution in [2.45, 2.75) is 213 Å². The Morgan fingerprint density at radius 3 is 1.11 bits per heavy atom. The van der Waals surface area contributed by atoms with Crippen molar-refractivity contribution in [1.29, 1.82) is 0 Å². The van der Waals surface area contributed by atoms with E-state index >= 15 is 0 Å². The number of unbranched alkanes of at least 4 members (excludes halogenated alkanes) is 18. The van der Waals surface area contributed by atoms with Crippen LogP contribution in [-0.4, -0.2) is 37.2 Å². The molecule has 0 spiro atoms. The highest BCUT2D eigenvalue weighted by molar-refractivity contribution is 5.71. The van der Waals surface area contributed by atoms with Crippen molar-refractivity contribution in [2.24, 2.45) is 0 Å². The normalized spacial score (nSPS) is 13.2. The van der Waals surface area contributed by atoms with Crippen LogP contribution >= 0.6 is 0 Å². The number of esters is 3. The van der Waals surface area contributed by atoms with Crippen molar-refractivity contribution < 1.29 is 28.6 Å². The van der Waals surface area contributed by atoms with Crippen molar-refractivity contribution in [2.75, 3.05) is 13.2 Å². The van der Waals surface area contributed by atoms with Crippen LogP contribution in [-0.2, 0) is 28.6 Å². The van der Waals surface area contributed by atoms with Crippen LogP contribution in [0.1, 0.15) is 207 Å². The zero-order valence-electron chi connectivity index (χ0n) is 42.1. The number of carbonyl (C=O) groups excluding carboxylic acids is 3. The fourth-order valence-corrected chi connectivity index (χ4v) is 6.67. The van der Waals surface area contributed by atoms with Crippen LogP contribution in [0.25, 0.3) is 0 Å². The molecule has 0 N–H and O–H groups in total. The second-order valence-corrected chi connectivity index (χ2v) is 16.8. The van der Waals surface area contributed by atoms with E-state index in [0.29, 0.717) is 19.3 Å². The monoisotopic (exact) mass is 911 g/mol. The minimum absolute atomic E-state index is 0.109. The molecule has 6 heteroatoms. The number of hydrogen-bond donors (Lipinski definition) is 0. The Bertz CT molecular complexity index is 1460. The highest BCUT2D eigenvalue weighted by Gasteiger charge is 2.19. The van der Waals surface area contributed by atoms with Gasteiger partial charge in [0, 0.05) is 19.3 Å². The van der Waals surface area contributed by atoms with Gasteiger partial charge in [-0.2, -0.15) is 0 Å². The molecule has 0 aromatic rings. The number of ether oxygens (including phenoxy) is 3. The SMILES string of the molecule is CC\C=C/C=C\C=C/C=C\C=C\C=C/C=C\CCCCCC(=O)OCC(COC(=O)CCCCCCC/C=C\C/C=C\CC)OC(=O)CCCCCCCCC/C=C\C/C=C\CCCCC. The minimum Gasteiger partial charge on any atom is -0.462 e. The molecule has 370 valence electrons. The molecule has 0 aliphatic carbocycles. The molecule has 0 bridgehead atoms. The maximum Gasteiger partial charge on any atom is 0.306 e. The predicted octanol–water partition coefficient (Wildman–Crippen LogP) is 17.5. The fraction of sp³-hybridized carbons (Fsp3) is 0.583. The summed E-state index contributed by atoms with van der Waals surface area (Å²) in [5, 5.41) is 0. The van der Waals surface area contributed by atoms with Gasteiger partial charge in [0.15, 0.2) is 6.10 Å². The van der Waals surface area contributed by atoms with Crippen molar-refractivity contribution in [3.05, 3.63) is 134 Å². The van der Waals surface area contributed by atoms with E-state index in [9.17, 15) is 14.4 Å². The summed E-state index contributed by atoms with van der Waals surface area (Å²) in [5.41, 5.74) is 0. The molecule has 1 unspecified atom stereocenters. The highest BCUT2D eigenvalue weighted by Crippen LogP contribution is 2.13. The van der Waals surface area contributed by atoms with E-state index in [1.165, 1.54) is 51.4 Å². The molecule has 0 heterocycles. The van der Waals surface area contributed by atoms with Crippen LogP contribution in [0, 0.1) is 0 Å². The second kappa shape index (κ2) is 53.2. The first-order valence-corrected chi connectivity index (χ1v) is 26.3. The third-order valence-electron chi connectivity index (χ3n) is 10.6. The molecular formula is C60H94O6. The third kappa shape index (κ3) is 50.5. The summed E-state index contributed by atoms with van der Waals surface area (Å²) in [6.07, 6.45) is 74.3. The summed E-state index contributed by atoms with van der Waals surface area (Å²) in [6.45, 7) is 6.28. The first-order valence-electron chi connectivity index (χ1n) is 26.3.